The first-order valence-electron chi connectivity index (χ1n) is 7.13. The minimum atomic E-state index is -4.53. The van der Waals surface area contributed by atoms with Crippen LogP contribution >= 0.6 is 0 Å². The van der Waals surface area contributed by atoms with E-state index in [0.29, 0.717) is 11.5 Å². The molecular formula is C15H14F3N3O3. The summed E-state index contributed by atoms with van der Waals surface area (Å²) in [6.07, 6.45) is -3.40. The molecule has 9 heteroatoms. The summed E-state index contributed by atoms with van der Waals surface area (Å²) in [5, 5.41) is 6.06. The minimum Gasteiger partial charge on any atom is -0.454 e. The van der Waals surface area contributed by atoms with Gasteiger partial charge in [0, 0.05) is 12.7 Å². The molecule has 0 bridgehead atoms. The number of carbonyl (C=O) groups excluding carboxylic acids is 1. The fourth-order valence-electron chi connectivity index (χ4n) is 2.21. The van der Waals surface area contributed by atoms with Crippen LogP contribution in [0.1, 0.15) is 24.2 Å². The number of carbonyl (C=O) groups is 1. The summed E-state index contributed by atoms with van der Waals surface area (Å²) in [5.74, 6) is 0.788. The fraction of sp³-hybridized carbons (Fsp3) is 0.333. The Morgan fingerprint density at radius 3 is 2.79 bits per heavy atom. The van der Waals surface area contributed by atoms with Gasteiger partial charge in [-0.2, -0.15) is 18.3 Å². The van der Waals surface area contributed by atoms with Gasteiger partial charge in [0.25, 0.3) is 0 Å². The molecule has 0 fully saturated rings. The van der Waals surface area contributed by atoms with E-state index in [0.717, 1.165) is 22.5 Å². The zero-order valence-electron chi connectivity index (χ0n) is 12.6. The molecule has 24 heavy (non-hydrogen) atoms. The normalized spacial score (nSPS) is 14.5. The largest absolute Gasteiger partial charge is 0.454 e. The SMILES string of the molecule is C[C@@H](C(=O)NCc1ccc2c(c1)OCO2)n1ccc(C(F)(F)F)n1. The van der Waals surface area contributed by atoms with Crippen molar-refractivity contribution in [1.29, 1.82) is 0 Å². The third kappa shape index (κ3) is 3.29. The van der Waals surface area contributed by atoms with Crippen molar-refractivity contribution in [2.45, 2.75) is 25.7 Å². The van der Waals surface area contributed by atoms with Gasteiger partial charge in [-0.25, -0.2) is 0 Å². The Morgan fingerprint density at radius 1 is 1.33 bits per heavy atom. The number of alkyl halides is 3. The van der Waals surface area contributed by atoms with Crippen LogP contribution < -0.4 is 14.8 Å². The summed E-state index contributed by atoms with van der Waals surface area (Å²) in [5.41, 5.74) is -0.242. The van der Waals surface area contributed by atoms with Gasteiger partial charge in [0.1, 0.15) is 6.04 Å². The van der Waals surface area contributed by atoms with Crippen molar-refractivity contribution < 1.29 is 27.4 Å². The van der Waals surface area contributed by atoms with E-state index in [2.05, 4.69) is 10.4 Å². The smallest absolute Gasteiger partial charge is 0.435 e. The van der Waals surface area contributed by atoms with Crippen molar-refractivity contribution in [2.24, 2.45) is 0 Å². The Morgan fingerprint density at radius 2 is 2.08 bits per heavy atom. The number of rotatable bonds is 4. The Bertz CT molecular complexity index is 758. The van der Waals surface area contributed by atoms with Crippen LogP contribution in [0.15, 0.2) is 30.5 Å². The first-order chi connectivity index (χ1) is 11.3. The van der Waals surface area contributed by atoms with E-state index in [1.54, 1.807) is 18.2 Å². The maximum atomic E-state index is 12.5. The van der Waals surface area contributed by atoms with Crippen molar-refractivity contribution in [2.75, 3.05) is 6.79 Å². The highest BCUT2D eigenvalue weighted by molar-refractivity contribution is 5.79. The van der Waals surface area contributed by atoms with Crippen LogP contribution in [0, 0.1) is 0 Å². The molecule has 1 aromatic carbocycles. The number of hydrogen-bond donors (Lipinski definition) is 1. The Kier molecular flexibility index (Phi) is 4.08. The first kappa shape index (κ1) is 16.2. The van der Waals surface area contributed by atoms with Crippen LogP contribution in [0.2, 0.25) is 0 Å². The average molecular weight is 341 g/mol. The third-order valence-electron chi connectivity index (χ3n) is 3.58. The number of amides is 1. The quantitative estimate of drug-likeness (QED) is 0.928. The van der Waals surface area contributed by atoms with Gasteiger partial charge in [-0.1, -0.05) is 6.07 Å². The van der Waals surface area contributed by atoms with Crippen molar-refractivity contribution in [3.05, 3.63) is 41.7 Å². The Hall–Kier alpha value is -2.71. The minimum absolute atomic E-state index is 0.156. The number of nitrogens with zero attached hydrogens (tertiary/aromatic N) is 2. The molecule has 1 aromatic heterocycles. The van der Waals surface area contributed by atoms with E-state index in [1.807, 2.05) is 0 Å². The van der Waals surface area contributed by atoms with Crippen LogP contribution in [0.3, 0.4) is 0 Å². The number of benzene rings is 1. The number of hydrogen-bond acceptors (Lipinski definition) is 4. The van der Waals surface area contributed by atoms with Crippen molar-refractivity contribution in [1.82, 2.24) is 15.1 Å². The molecule has 0 unspecified atom stereocenters. The molecule has 0 saturated heterocycles. The number of halogens is 3. The van der Waals surface area contributed by atoms with Crippen molar-refractivity contribution >= 4 is 5.91 Å². The molecule has 1 atom stereocenters. The van der Waals surface area contributed by atoms with E-state index in [9.17, 15) is 18.0 Å². The van der Waals surface area contributed by atoms with E-state index in [-0.39, 0.29) is 13.3 Å². The lowest BCUT2D eigenvalue weighted by molar-refractivity contribution is -0.142. The molecule has 2 heterocycles. The number of fused-ring (bicyclic) bond motifs is 1. The van der Waals surface area contributed by atoms with Crippen LogP contribution in [0.4, 0.5) is 13.2 Å². The first-order valence-corrected chi connectivity index (χ1v) is 7.13. The van der Waals surface area contributed by atoms with Gasteiger partial charge in [-0.15, -0.1) is 0 Å². The maximum absolute atomic E-state index is 12.5. The highest BCUT2D eigenvalue weighted by atomic mass is 19.4. The van der Waals surface area contributed by atoms with Crippen LogP contribution in [0.5, 0.6) is 11.5 Å². The standard InChI is InChI=1S/C15H14F3N3O3/c1-9(21-5-4-13(20-21)15(16,17)18)14(22)19-7-10-2-3-11-12(6-10)24-8-23-11/h2-6,9H,7-8H2,1H3,(H,19,22)/t9-/m0/s1. The summed E-state index contributed by atoms with van der Waals surface area (Å²) in [6.45, 7) is 1.85. The highest BCUT2D eigenvalue weighted by Crippen LogP contribution is 2.32. The Labute approximate surface area is 135 Å². The van der Waals surface area contributed by atoms with Crippen molar-refractivity contribution in [3.63, 3.8) is 0 Å². The van der Waals surface area contributed by atoms with Gasteiger partial charge in [0.05, 0.1) is 0 Å². The molecule has 0 saturated carbocycles. The van der Waals surface area contributed by atoms with E-state index >= 15 is 0 Å². The summed E-state index contributed by atoms with van der Waals surface area (Å²) in [4.78, 5) is 12.1. The molecule has 3 rings (SSSR count). The highest BCUT2D eigenvalue weighted by Gasteiger charge is 2.34. The molecule has 1 amide bonds. The van der Waals surface area contributed by atoms with Gasteiger partial charge in [-0.05, 0) is 30.7 Å². The number of ether oxygens (including phenoxy) is 2. The third-order valence-corrected chi connectivity index (χ3v) is 3.58. The lowest BCUT2D eigenvalue weighted by Crippen LogP contribution is -2.31. The Balaban J connectivity index is 1.61. The zero-order chi connectivity index (χ0) is 17.3. The molecule has 2 aromatic rings. The molecular weight excluding hydrogens is 327 g/mol. The lowest BCUT2D eigenvalue weighted by atomic mass is 10.2. The molecule has 0 aliphatic carbocycles. The molecule has 1 aliphatic rings. The second-order valence-electron chi connectivity index (χ2n) is 5.26. The molecule has 1 aliphatic heterocycles. The number of nitrogens with one attached hydrogen (secondary N) is 1. The van der Waals surface area contributed by atoms with Crippen LogP contribution in [0.25, 0.3) is 0 Å². The van der Waals surface area contributed by atoms with Gasteiger partial charge >= 0.3 is 6.18 Å². The molecule has 0 radical (unpaired) electrons. The molecule has 0 spiro atoms. The molecule has 128 valence electrons. The van der Waals surface area contributed by atoms with Crippen molar-refractivity contribution in [3.8, 4) is 11.5 Å². The predicted octanol–water partition coefficient (Wildman–Crippen LogP) is 2.51. The van der Waals surface area contributed by atoms with Gasteiger partial charge in [-0.3, -0.25) is 9.48 Å². The second kappa shape index (κ2) is 6.06. The van der Waals surface area contributed by atoms with Gasteiger partial charge < -0.3 is 14.8 Å². The monoisotopic (exact) mass is 341 g/mol. The van der Waals surface area contributed by atoms with E-state index < -0.39 is 23.8 Å². The topological polar surface area (TPSA) is 65.4 Å². The average Bonchev–Trinajstić information content (AvgIpc) is 3.19. The molecule has 1 N–H and O–H groups in total. The van der Waals surface area contributed by atoms with Crippen LogP contribution in [-0.2, 0) is 17.5 Å². The molecule has 6 nitrogen and oxygen atoms in total. The van der Waals surface area contributed by atoms with Crippen LogP contribution in [-0.4, -0.2) is 22.5 Å². The summed E-state index contributed by atoms with van der Waals surface area (Å²) >= 11 is 0. The predicted molar refractivity (Wildman–Crippen MR) is 76.4 cm³/mol. The fourth-order valence-corrected chi connectivity index (χ4v) is 2.21. The van der Waals surface area contributed by atoms with Gasteiger partial charge in [0.15, 0.2) is 17.2 Å². The summed E-state index contributed by atoms with van der Waals surface area (Å²) in [6, 6.07) is 5.21. The zero-order valence-corrected chi connectivity index (χ0v) is 12.6. The number of aromatic nitrogens is 2. The second-order valence-corrected chi connectivity index (χ2v) is 5.26. The van der Waals surface area contributed by atoms with E-state index in [4.69, 9.17) is 9.47 Å². The summed E-state index contributed by atoms with van der Waals surface area (Å²) in [7, 11) is 0. The van der Waals surface area contributed by atoms with E-state index in [1.165, 1.54) is 6.92 Å². The lowest BCUT2D eigenvalue weighted by Gasteiger charge is -2.13. The summed E-state index contributed by atoms with van der Waals surface area (Å²) < 4.78 is 49.1. The van der Waals surface area contributed by atoms with Gasteiger partial charge in [0.2, 0.25) is 12.7 Å². The maximum Gasteiger partial charge on any atom is 0.435 e.